The van der Waals surface area contributed by atoms with Crippen LogP contribution in [-0.4, -0.2) is 51.3 Å². The number of rotatable bonds is 7. The number of ether oxygens (including phenoxy) is 3. The van der Waals surface area contributed by atoms with Crippen LogP contribution in [-0.2, 0) is 20.2 Å². The van der Waals surface area contributed by atoms with Gasteiger partial charge >= 0.3 is 0 Å². The minimum Gasteiger partial charge on any atom is -0.497 e. The minimum atomic E-state index is -3.67. The first-order valence-corrected chi connectivity index (χ1v) is 15.5. The molecule has 0 bridgehead atoms. The number of ketones is 1. The monoisotopic (exact) mass is 602 g/mol. The molecule has 4 aromatic carbocycles. The third-order valence-electron chi connectivity index (χ3n) is 4.78. The maximum atomic E-state index is 12.6. The average Bonchev–Trinajstić information content (AvgIpc) is 2.89. The number of carbonyl (C=O) groups is 1. The second-order valence-electron chi connectivity index (χ2n) is 8.54. The van der Waals surface area contributed by atoms with Crippen molar-refractivity contribution in [2.45, 2.75) is 6.92 Å². The molecular weight excluding hydrogens is 572 g/mol. The van der Waals surface area contributed by atoms with Crippen LogP contribution < -0.4 is 14.2 Å². The Morgan fingerprint density at radius 1 is 0.537 bits per heavy atom. The SMILES string of the molecule is COc1ccc(Oc2ccc(Oc3ccc(C(=O)c4ccc(C)cc4)cc3)cc2)cc1.CS(=O)(=O)O.CS(=O)(=O)O. The smallest absolute Gasteiger partial charge is 0.261 e. The van der Waals surface area contributed by atoms with Crippen LogP contribution >= 0.6 is 0 Å². The van der Waals surface area contributed by atoms with Gasteiger partial charge in [-0.15, -0.1) is 0 Å². The second-order valence-corrected chi connectivity index (χ2v) is 11.5. The Bertz CT molecular complexity index is 1570. The van der Waals surface area contributed by atoms with Crippen LogP contribution in [0.15, 0.2) is 97.1 Å². The van der Waals surface area contributed by atoms with E-state index in [0.717, 1.165) is 17.1 Å². The van der Waals surface area contributed by atoms with Crippen molar-refractivity contribution in [2.24, 2.45) is 0 Å². The van der Waals surface area contributed by atoms with Crippen molar-refractivity contribution < 1.29 is 44.9 Å². The van der Waals surface area contributed by atoms with Gasteiger partial charge in [0.15, 0.2) is 5.78 Å². The number of hydrogen-bond acceptors (Lipinski definition) is 8. The Morgan fingerprint density at radius 2 is 0.780 bits per heavy atom. The molecule has 218 valence electrons. The van der Waals surface area contributed by atoms with Crippen LogP contribution in [0.1, 0.15) is 21.5 Å². The lowest BCUT2D eigenvalue weighted by atomic mass is 10.0. The van der Waals surface area contributed by atoms with Gasteiger partial charge < -0.3 is 14.2 Å². The van der Waals surface area contributed by atoms with Gasteiger partial charge in [0.25, 0.3) is 20.2 Å². The van der Waals surface area contributed by atoms with Crippen LogP contribution in [0.25, 0.3) is 0 Å². The van der Waals surface area contributed by atoms with Gasteiger partial charge in [-0.05, 0) is 79.7 Å². The highest BCUT2D eigenvalue weighted by atomic mass is 32.2. The summed E-state index contributed by atoms with van der Waals surface area (Å²) < 4.78 is 68.6. The molecule has 0 aliphatic rings. The van der Waals surface area contributed by atoms with Crippen molar-refractivity contribution in [1.29, 1.82) is 0 Å². The molecular formula is C29H30O10S2. The van der Waals surface area contributed by atoms with Crippen molar-refractivity contribution in [3.8, 4) is 28.7 Å². The van der Waals surface area contributed by atoms with E-state index in [4.69, 9.17) is 23.3 Å². The topological polar surface area (TPSA) is 154 Å². The summed E-state index contributed by atoms with van der Waals surface area (Å²) >= 11 is 0. The first-order valence-electron chi connectivity index (χ1n) is 11.8. The van der Waals surface area contributed by atoms with Gasteiger partial charge in [0.2, 0.25) is 0 Å². The summed E-state index contributed by atoms with van der Waals surface area (Å²) in [5, 5.41) is 0. The summed E-state index contributed by atoms with van der Waals surface area (Å²) in [6, 6.07) is 29.5. The molecule has 0 spiro atoms. The van der Waals surface area contributed by atoms with Crippen molar-refractivity contribution in [3.05, 3.63) is 114 Å². The highest BCUT2D eigenvalue weighted by Gasteiger charge is 2.09. The molecule has 0 fully saturated rings. The maximum absolute atomic E-state index is 12.6. The quantitative estimate of drug-likeness (QED) is 0.195. The zero-order valence-electron chi connectivity index (χ0n) is 22.7. The normalized spacial score (nSPS) is 10.7. The Balaban J connectivity index is 0.000000507. The number of methoxy groups -OCH3 is 1. The largest absolute Gasteiger partial charge is 0.497 e. The molecule has 4 aromatic rings. The van der Waals surface area contributed by atoms with Crippen molar-refractivity contribution in [1.82, 2.24) is 0 Å². The molecule has 0 atom stereocenters. The van der Waals surface area contributed by atoms with Crippen LogP contribution in [0.3, 0.4) is 0 Å². The van der Waals surface area contributed by atoms with Crippen LogP contribution in [0, 0.1) is 6.92 Å². The predicted octanol–water partition coefficient (Wildman–Crippen LogP) is 5.83. The fourth-order valence-electron chi connectivity index (χ4n) is 3.04. The van der Waals surface area contributed by atoms with Gasteiger partial charge in [-0.3, -0.25) is 13.9 Å². The number of aryl methyl sites for hydroxylation is 1. The molecule has 10 nitrogen and oxygen atoms in total. The average molecular weight is 603 g/mol. The van der Waals surface area contributed by atoms with E-state index in [1.807, 2.05) is 79.7 Å². The first-order chi connectivity index (χ1) is 19.1. The number of carbonyl (C=O) groups excluding carboxylic acids is 1. The van der Waals surface area contributed by atoms with Crippen LogP contribution in [0.2, 0.25) is 0 Å². The maximum Gasteiger partial charge on any atom is 0.261 e. The van der Waals surface area contributed by atoms with E-state index in [0.29, 0.717) is 40.9 Å². The molecule has 41 heavy (non-hydrogen) atoms. The summed E-state index contributed by atoms with van der Waals surface area (Å²) in [6.07, 6.45) is 1.43. The molecule has 0 radical (unpaired) electrons. The van der Waals surface area contributed by atoms with Gasteiger partial charge in [-0.25, -0.2) is 0 Å². The van der Waals surface area contributed by atoms with E-state index in [1.54, 1.807) is 31.4 Å². The third kappa shape index (κ3) is 14.1. The zero-order chi connectivity index (χ0) is 30.6. The van der Waals surface area contributed by atoms with Crippen LogP contribution in [0.5, 0.6) is 28.7 Å². The Labute approximate surface area is 239 Å². The molecule has 0 unspecified atom stereocenters. The van der Waals surface area contributed by atoms with Gasteiger partial charge in [0, 0.05) is 11.1 Å². The summed E-state index contributed by atoms with van der Waals surface area (Å²) in [4.78, 5) is 12.6. The van der Waals surface area contributed by atoms with E-state index in [2.05, 4.69) is 0 Å². The Morgan fingerprint density at radius 3 is 1.07 bits per heavy atom. The Hall–Kier alpha value is -4.23. The highest BCUT2D eigenvalue weighted by molar-refractivity contribution is 7.85. The molecule has 0 heterocycles. The fraction of sp³-hybridized carbons (Fsp3) is 0.138. The molecule has 0 amide bonds. The van der Waals surface area contributed by atoms with E-state index < -0.39 is 20.2 Å². The number of benzene rings is 4. The molecule has 0 saturated heterocycles. The van der Waals surface area contributed by atoms with Gasteiger partial charge in [-0.1, -0.05) is 29.8 Å². The van der Waals surface area contributed by atoms with Crippen molar-refractivity contribution in [3.63, 3.8) is 0 Å². The summed E-state index contributed by atoms with van der Waals surface area (Å²) in [5.74, 6) is 3.54. The summed E-state index contributed by atoms with van der Waals surface area (Å²) in [7, 11) is -5.70. The summed E-state index contributed by atoms with van der Waals surface area (Å²) in [5.41, 5.74) is 2.42. The second kappa shape index (κ2) is 15.0. The van der Waals surface area contributed by atoms with E-state index >= 15 is 0 Å². The van der Waals surface area contributed by atoms with E-state index in [9.17, 15) is 21.6 Å². The number of hydrogen-bond donors (Lipinski definition) is 2. The minimum absolute atomic E-state index is 0.00779. The standard InChI is InChI=1S/C27H22O4.2CH4O3S/c1-19-3-5-20(6-4-19)27(28)21-7-9-23(10-8-21)30-25-15-17-26(18-16-25)31-24-13-11-22(29-2)12-14-24;2*1-5(2,3)4/h3-18H,1-2H3;2*1H3,(H,2,3,4). The van der Waals surface area contributed by atoms with Crippen molar-refractivity contribution >= 4 is 26.0 Å². The Kier molecular flexibility index (Phi) is 12.0. The van der Waals surface area contributed by atoms with E-state index in [1.165, 1.54) is 0 Å². The third-order valence-corrected chi connectivity index (χ3v) is 4.78. The van der Waals surface area contributed by atoms with E-state index in [-0.39, 0.29) is 5.78 Å². The zero-order valence-corrected chi connectivity index (χ0v) is 24.3. The predicted molar refractivity (Wildman–Crippen MR) is 156 cm³/mol. The molecule has 0 aromatic heterocycles. The molecule has 12 heteroatoms. The lowest BCUT2D eigenvalue weighted by Gasteiger charge is -2.09. The molecule has 4 rings (SSSR count). The van der Waals surface area contributed by atoms with Crippen LogP contribution in [0.4, 0.5) is 0 Å². The fourth-order valence-corrected chi connectivity index (χ4v) is 3.04. The highest BCUT2D eigenvalue weighted by Crippen LogP contribution is 2.28. The lowest BCUT2D eigenvalue weighted by molar-refractivity contribution is 0.103. The van der Waals surface area contributed by atoms with Gasteiger partial charge in [0.1, 0.15) is 28.7 Å². The van der Waals surface area contributed by atoms with Gasteiger partial charge in [0.05, 0.1) is 19.6 Å². The molecule has 0 aliphatic carbocycles. The lowest BCUT2D eigenvalue weighted by Crippen LogP contribution is -2.00. The molecule has 0 saturated carbocycles. The van der Waals surface area contributed by atoms with Crippen molar-refractivity contribution in [2.75, 3.05) is 19.6 Å². The molecule has 2 N–H and O–H groups in total. The molecule has 0 aliphatic heterocycles. The summed E-state index contributed by atoms with van der Waals surface area (Å²) in [6.45, 7) is 2.00. The van der Waals surface area contributed by atoms with Gasteiger partial charge in [-0.2, -0.15) is 16.8 Å². The first kappa shape index (κ1) is 33.0.